The first-order valence-corrected chi connectivity index (χ1v) is 9.54. The summed E-state index contributed by atoms with van der Waals surface area (Å²) in [6.45, 7) is 5.18. The molecular formula is C20H30IN3O. The molecule has 4 rings (SSSR count). The number of guanidine groups is 1. The quantitative estimate of drug-likeness (QED) is 0.404. The fraction of sp³-hybridized carbons (Fsp3) is 0.650. The molecule has 25 heavy (non-hydrogen) atoms. The van der Waals surface area contributed by atoms with E-state index in [2.05, 4.69) is 53.7 Å². The van der Waals surface area contributed by atoms with Crippen molar-refractivity contribution in [3.8, 4) is 5.75 Å². The van der Waals surface area contributed by atoms with E-state index in [-0.39, 0.29) is 35.6 Å². The Morgan fingerprint density at radius 2 is 1.96 bits per heavy atom. The Bertz CT molecular complexity index is 627. The molecule has 138 valence electrons. The van der Waals surface area contributed by atoms with Crippen LogP contribution in [-0.4, -0.2) is 24.1 Å². The van der Waals surface area contributed by atoms with Crippen LogP contribution in [0.3, 0.4) is 0 Å². The average Bonchev–Trinajstić information content (AvgIpc) is 3.08. The van der Waals surface area contributed by atoms with Gasteiger partial charge < -0.3 is 15.4 Å². The minimum atomic E-state index is 0. The number of hydrogen-bond donors (Lipinski definition) is 2. The van der Waals surface area contributed by atoms with Gasteiger partial charge in [0.05, 0.1) is 6.04 Å². The van der Waals surface area contributed by atoms with Crippen LogP contribution in [0.2, 0.25) is 0 Å². The van der Waals surface area contributed by atoms with Gasteiger partial charge in [0.2, 0.25) is 0 Å². The molecule has 2 N–H and O–H groups in total. The van der Waals surface area contributed by atoms with E-state index in [9.17, 15) is 0 Å². The zero-order chi connectivity index (χ0) is 16.6. The van der Waals surface area contributed by atoms with Crippen LogP contribution in [-0.2, 0) is 0 Å². The van der Waals surface area contributed by atoms with E-state index in [0.29, 0.717) is 6.04 Å². The Labute approximate surface area is 168 Å². The van der Waals surface area contributed by atoms with Crippen LogP contribution in [0.15, 0.2) is 29.3 Å². The molecule has 2 saturated carbocycles. The van der Waals surface area contributed by atoms with E-state index in [1.807, 2.05) is 0 Å². The summed E-state index contributed by atoms with van der Waals surface area (Å²) in [5.74, 6) is 2.78. The van der Waals surface area contributed by atoms with Crippen LogP contribution < -0.4 is 15.4 Å². The van der Waals surface area contributed by atoms with Crippen LogP contribution in [0.4, 0.5) is 0 Å². The van der Waals surface area contributed by atoms with Gasteiger partial charge >= 0.3 is 0 Å². The first kappa shape index (κ1) is 18.8. The molecule has 3 atom stereocenters. The highest BCUT2D eigenvalue weighted by Gasteiger charge is 2.43. The van der Waals surface area contributed by atoms with Gasteiger partial charge in [-0.1, -0.05) is 25.1 Å². The molecule has 5 heteroatoms. The normalized spacial score (nSPS) is 29.4. The third kappa shape index (κ3) is 4.07. The van der Waals surface area contributed by atoms with Crippen LogP contribution in [0.25, 0.3) is 0 Å². The van der Waals surface area contributed by atoms with E-state index >= 15 is 0 Å². The topological polar surface area (TPSA) is 45.7 Å². The summed E-state index contributed by atoms with van der Waals surface area (Å²) in [4.78, 5) is 4.67. The monoisotopic (exact) mass is 455 g/mol. The standard InChI is InChI=1S/C20H29N3O.HI/c1-3-21-19(22-16-12-14(16)2)23-17-13-20(10-6-7-11-20)24-18-9-5-4-8-15(17)18;/h4-5,8-9,14,16-17H,3,6-7,10-13H2,1-2H3,(H2,21,22,23);1H. The number of hydrogen-bond acceptors (Lipinski definition) is 2. The second kappa shape index (κ2) is 7.72. The molecule has 0 saturated heterocycles. The number of rotatable bonds is 3. The summed E-state index contributed by atoms with van der Waals surface area (Å²) < 4.78 is 6.46. The lowest BCUT2D eigenvalue weighted by Gasteiger charge is -2.40. The van der Waals surface area contributed by atoms with Gasteiger partial charge in [-0.15, -0.1) is 24.0 Å². The molecule has 0 aromatic heterocycles. The van der Waals surface area contributed by atoms with E-state index < -0.39 is 0 Å². The minimum Gasteiger partial charge on any atom is -0.487 e. The Kier molecular flexibility index (Phi) is 5.81. The number of fused-ring (bicyclic) bond motifs is 1. The molecule has 3 aliphatic rings. The summed E-state index contributed by atoms with van der Waals surface area (Å²) in [5, 5.41) is 7.31. The Morgan fingerprint density at radius 3 is 2.64 bits per heavy atom. The lowest BCUT2D eigenvalue weighted by molar-refractivity contribution is 0.0396. The maximum atomic E-state index is 6.46. The zero-order valence-electron chi connectivity index (χ0n) is 15.3. The SMILES string of the molecule is CCN=C(NC1CC2(CCCC2)Oc2ccccc21)NC1CC1C.I. The van der Waals surface area contributed by atoms with Gasteiger partial charge in [-0.25, -0.2) is 0 Å². The van der Waals surface area contributed by atoms with Crippen molar-refractivity contribution in [2.45, 2.75) is 70.1 Å². The third-order valence-corrected chi connectivity index (χ3v) is 5.77. The lowest BCUT2D eigenvalue weighted by atomic mass is 9.86. The number of benzene rings is 1. The fourth-order valence-corrected chi connectivity index (χ4v) is 4.23. The predicted octanol–water partition coefficient (Wildman–Crippen LogP) is 4.40. The molecule has 4 nitrogen and oxygen atoms in total. The number of para-hydroxylation sites is 1. The smallest absolute Gasteiger partial charge is 0.191 e. The fourth-order valence-electron chi connectivity index (χ4n) is 4.23. The molecule has 1 heterocycles. The first-order chi connectivity index (χ1) is 11.7. The highest BCUT2D eigenvalue weighted by molar-refractivity contribution is 14.0. The lowest BCUT2D eigenvalue weighted by Crippen LogP contribution is -2.47. The molecule has 1 aromatic carbocycles. The van der Waals surface area contributed by atoms with Gasteiger partial charge in [-0.05, 0) is 51.0 Å². The van der Waals surface area contributed by atoms with E-state index in [1.165, 1.54) is 37.7 Å². The molecule has 0 amide bonds. The van der Waals surface area contributed by atoms with E-state index in [0.717, 1.165) is 30.6 Å². The summed E-state index contributed by atoms with van der Waals surface area (Å²) in [6.07, 6.45) is 7.19. The van der Waals surface area contributed by atoms with Crippen molar-refractivity contribution in [3.05, 3.63) is 29.8 Å². The molecule has 0 radical (unpaired) electrons. The summed E-state index contributed by atoms with van der Waals surface area (Å²) >= 11 is 0. The molecule has 3 unspecified atom stereocenters. The van der Waals surface area contributed by atoms with Crippen LogP contribution >= 0.6 is 24.0 Å². The van der Waals surface area contributed by atoms with Crippen molar-refractivity contribution < 1.29 is 4.74 Å². The van der Waals surface area contributed by atoms with Crippen molar-refractivity contribution in [1.82, 2.24) is 10.6 Å². The van der Waals surface area contributed by atoms with Gasteiger partial charge in [-0.2, -0.15) is 0 Å². The van der Waals surface area contributed by atoms with Crippen LogP contribution in [0.5, 0.6) is 5.75 Å². The molecule has 2 fully saturated rings. The van der Waals surface area contributed by atoms with Crippen molar-refractivity contribution in [1.29, 1.82) is 0 Å². The molecule has 1 spiro atoms. The number of nitrogens with one attached hydrogen (secondary N) is 2. The first-order valence-electron chi connectivity index (χ1n) is 9.54. The van der Waals surface area contributed by atoms with Crippen LogP contribution in [0.1, 0.15) is 64.0 Å². The minimum absolute atomic E-state index is 0. The molecule has 1 aliphatic heterocycles. The Hall–Kier alpha value is -0.980. The van der Waals surface area contributed by atoms with Gasteiger partial charge in [0.1, 0.15) is 11.4 Å². The van der Waals surface area contributed by atoms with E-state index in [1.54, 1.807) is 0 Å². The Balaban J connectivity index is 0.00000182. The van der Waals surface area contributed by atoms with Gasteiger partial charge in [0, 0.05) is 24.6 Å². The molecule has 2 aliphatic carbocycles. The molecular weight excluding hydrogens is 425 g/mol. The summed E-state index contributed by atoms with van der Waals surface area (Å²) in [5.41, 5.74) is 1.29. The highest BCUT2D eigenvalue weighted by atomic mass is 127. The second-order valence-electron chi connectivity index (χ2n) is 7.72. The summed E-state index contributed by atoms with van der Waals surface area (Å²) in [7, 11) is 0. The number of halogens is 1. The van der Waals surface area contributed by atoms with Gasteiger partial charge in [0.15, 0.2) is 5.96 Å². The zero-order valence-corrected chi connectivity index (χ0v) is 17.6. The van der Waals surface area contributed by atoms with Crippen molar-refractivity contribution in [2.24, 2.45) is 10.9 Å². The van der Waals surface area contributed by atoms with Crippen molar-refractivity contribution in [2.75, 3.05) is 6.54 Å². The van der Waals surface area contributed by atoms with Crippen LogP contribution in [0, 0.1) is 5.92 Å². The molecule has 0 bridgehead atoms. The summed E-state index contributed by atoms with van der Waals surface area (Å²) in [6, 6.07) is 9.36. The van der Waals surface area contributed by atoms with Crippen molar-refractivity contribution >= 4 is 29.9 Å². The number of aliphatic imine (C=N–C) groups is 1. The highest BCUT2D eigenvalue weighted by Crippen LogP contribution is 2.47. The maximum Gasteiger partial charge on any atom is 0.191 e. The van der Waals surface area contributed by atoms with Gasteiger partial charge in [-0.3, -0.25) is 4.99 Å². The third-order valence-electron chi connectivity index (χ3n) is 5.77. The largest absolute Gasteiger partial charge is 0.487 e. The Morgan fingerprint density at radius 1 is 1.24 bits per heavy atom. The van der Waals surface area contributed by atoms with Gasteiger partial charge in [0.25, 0.3) is 0 Å². The molecule has 1 aromatic rings. The van der Waals surface area contributed by atoms with E-state index in [4.69, 9.17) is 4.74 Å². The second-order valence-corrected chi connectivity index (χ2v) is 7.72. The number of ether oxygens (including phenoxy) is 1. The average molecular weight is 455 g/mol. The number of nitrogens with zero attached hydrogens (tertiary/aromatic N) is 1. The maximum absolute atomic E-state index is 6.46. The predicted molar refractivity (Wildman–Crippen MR) is 113 cm³/mol. The van der Waals surface area contributed by atoms with Crippen molar-refractivity contribution in [3.63, 3.8) is 0 Å².